The number of carbonyl (C=O) groups excluding carboxylic acids is 1. The van der Waals surface area contributed by atoms with Gasteiger partial charge in [0.1, 0.15) is 11.6 Å². The van der Waals surface area contributed by atoms with Gasteiger partial charge in [-0.25, -0.2) is 4.39 Å². The smallest absolute Gasteiger partial charge is 0.512 e. The van der Waals surface area contributed by atoms with Crippen LogP contribution in [0.3, 0.4) is 0 Å². The molecule has 0 atom stereocenters. The van der Waals surface area contributed by atoms with E-state index in [1.807, 2.05) is 0 Å². The Morgan fingerprint density at radius 3 is 2.43 bits per heavy atom. The fourth-order valence-corrected chi connectivity index (χ4v) is 1.73. The zero-order chi connectivity index (χ0) is 15.2. The van der Waals surface area contributed by atoms with Gasteiger partial charge in [0.05, 0.1) is 5.56 Å². The number of hydrogen-bond donors (Lipinski definition) is 3. The van der Waals surface area contributed by atoms with Crippen molar-refractivity contribution in [3.8, 4) is 5.75 Å². The van der Waals surface area contributed by atoms with Crippen molar-refractivity contribution in [1.82, 2.24) is 5.32 Å². The second-order valence-corrected chi connectivity index (χ2v) is 4.25. The third-order valence-electron chi connectivity index (χ3n) is 2.74. The highest BCUT2D eigenvalue weighted by molar-refractivity contribution is 6.33. The minimum absolute atomic E-state index is 0.0131. The van der Waals surface area contributed by atoms with Crippen molar-refractivity contribution in [2.45, 2.75) is 6.54 Å². The summed E-state index contributed by atoms with van der Waals surface area (Å²) in [7, 11) is -1.88. The van der Waals surface area contributed by atoms with Crippen molar-refractivity contribution in [2.24, 2.45) is 0 Å². The molecule has 0 saturated carbocycles. The zero-order valence-electron chi connectivity index (χ0n) is 11.0. The van der Waals surface area contributed by atoms with Crippen LogP contribution < -0.4 is 9.97 Å². The number of carbonyl (C=O) groups is 1. The van der Waals surface area contributed by atoms with E-state index in [9.17, 15) is 9.18 Å². The lowest BCUT2D eigenvalue weighted by Gasteiger charge is -2.08. The average Bonchev–Trinajstić information content (AvgIpc) is 2.46. The van der Waals surface area contributed by atoms with Gasteiger partial charge < -0.3 is 20.0 Å². The Morgan fingerprint density at radius 2 is 1.81 bits per heavy atom. The number of hydrogen-bond acceptors (Lipinski definition) is 4. The summed E-state index contributed by atoms with van der Waals surface area (Å²) < 4.78 is 18.1. The first-order valence-electron chi connectivity index (χ1n) is 6.21. The molecule has 0 aromatic heterocycles. The van der Waals surface area contributed by atoms with Crippen LogP contribution in [0.2, 0.25) is 0 Å². The fraction of sp³-hybridized carbons (Fsp3) is 0.0714. The second kappa shape index (κ2) is 6.87. The molecular weight excluding hydrogens is 276 g/mol. The average molecular weight is 289 g/mol. The number of nitrogens with one attached hydrogen (secondary N) is 1. The Bertz CT molecular complexity index is 619. The molecule has 0 aliphatic carbocycles. The molecule has 0 bridgehead atoms. The molecule has 2 aromatic rings. The van der Waals surface area contributed by atoms with Crippen molar-refractivity contribution in [3.05, 3.63) is 65.5 Å². The molecule has 7 heteroatoms. The number of halogens is 1. The quantitative estimate of drug-likeness (QED) is 0.720. The summed E-state index contributed by atoms with van der Waals surface area (Å²) in [6.07, 6.45) is 0. The third kappa shape index (κ3) is 4.30. The van der Waals surface area contributed by atoms with Gasteiger partial charge in [-0.2, -0.15) is 0 Å². The minimum atomic E-state index is -1.88. The summed E-state index contributed by atoms with van der Waals surface area (Å²) in [6.45, 7) is 0.217. The van der Waals surface area contributed by atoms with Crippen LogP contribution in [-0.4, -0.2) is 23.3 Å². The van der Waals surface area contributed by atoms with Crippen LogP contribution in [0.1, 0.15) is 15.9 Å². The van der Waals surface area contributed by atoms with Gasteiger partial charge in [0.25, 0.3) is 5.91 Å². The van der Waals surface area contributed by atoms with Crippen LogP contribution in [0.5, 0.6) is 5.75 Å². The van der Waals surface area contributed by atoms with Gasteiger partial charge in [-0.05, 0) is 29.8 Å². The minimum Gasteiger partial charge on any atom is -0.512 e. The van der Waals surface area contributed by atoms with E-state index >= 15 is 0 Å². The third-order valence-corrected chi connectivity index (χ3v) is 2.74. The Balaban J connectivity index is 1.94. The highest BCUT2D eigenvalue weighted by Gasteiger charge is 2.12. The normalized spacial score (nSPS) is 10.0. The van der Waals surface area contributed by atoms with E-state index in [1.54, 1.807) is 18.2 Å². The lowest BCUT2D eigenvalue weighted by atomic mass is 10.1. The van der Waals surface area contributed by atoms with Crippen molar-refractivity contribution >= 4 is 13.2 Å². The van der Waals surface area contributed by atoms with Gasteiger partial charge in [0, 0.05) is 6.54 Å². The van der Waals surface area contributed by atoms with Gasteiger partial charge >= 0.3 is 7.32 Å². The van der Waals surface area contributed by atoms with E-state index in [-0.39, 0.29) is 17.9 Å². The fourth-order valence-electron chi connectivity index (χ4n) is 1.73. The van der Waals surface area contributed by atoms with E-state index in [0.29, 0.717) is 0 Å². The first-order chi connectivity index (χ1) is 10.1. The molecule has 108 valence electrons. The van der Waals surface area contributed by atoms with Gasteiger partial charge in [0.2, 0.25) is 0 Å². The van der Waals surface area contributed by atoms with Crippen LogP contribution in [0.25, 0.3) is 0 Å². The summed E-state index contributed by atoms with van der Waals surface area (Å²) in [5.74, 6) is -0.788. The Kier molecular flexibility index (Phi) is 4.92. The van der Waals surface area contributed by atoms with Crippen LogP contribution >= 0.6 is 0 Å². The molecule has 0 saturated heterocycles. The van der Waals surface area contributed by atoms with Crippen LogP contribution in [-0.2, 0) is 6.54 Å². The molecule has 0 fully saturated rings. The molecule has 21 heavy (non-hydrogen) atoms. The van der Waals surface area contributed by atoms with Gasteiger partial charge in [-0.15, -0.1) is 0 Å². The summed E-state index contributed by atoms with van der Waals surface area (Å²) in [5, 5.41) is 19.9. The molecule has 0 unspecified atom stereocenters. The lowest BCUT2D eigenvalue weighted by Crippen LogP contribution is -2.23. The van der Waals surface area contributed by atoms with Gasteiger partial charge in [0.15, 0.2) is 0 Å². The first kappa shape index (κ1) is 15.0. The maximum absolute atomic E-state index is 13.4. The molecule has 0 radical (unpaired) electrons. The van der Waals surface area contributed by atoms with Crippen LogP contribution in [0, 0.1) is 5.82 Å². The summed E-state index contributed by atoms with van der Waals surface area (Å²) >= 11 is 0. The predicted molar refractivity (Wildman–Crippen MR) is 74.8 cm³/mol. The second-order valence-electron chi connectivity index (χ2n) is 4.25. The Hall–Kier alpha value is -2.38. The van der Waals surface area contributed by atoms with Crippen molar-refractivity contribution in [2.75, 3.05) is 0 Å². The van der Waals surface area contributed by atoms with Crippen molar-refractivity contribution in [1.29, 1.82) is 0 Å². The van der Waals surface area contributed by atoms with Crippen LogP contribution in [0.4, 0.5) is 4.39 Å². The molecule has 0 aliphatic heterocycles. The summed E-state index contributed by atoms with van der Waals surface area (Å²) in [4.78, 5) is 11.8. The summed E-state index contributed by atoms with van der Waals surface area (Å²) in [5.41, 5.74) is 0.750. The molecule has 3 N–H and O–H groups in total. The van der Waals surface area contributed by atoms with E-state index in [1.165, 1.54) is 30.3 Å². The van der Waals surface area contributed by atoms with Crippen LogP contribution in [0.15, 0.2) is 48.5 Å². The molecule has 5 nitrogen and oxygen atoms in total. The Morgan fingerprint density at radius 1 is 1.14 bits per heavy atom. The van der Waals surface area contributed by atoms with E-state index in [2.05, 4.69) is 9.97 Å². The number of amides is 1. The largest absolute Gasteiger partial charge is 0.707 e. The monoisotopic (exact) mass is 289 g/mol. The number of benzene rings is 2. The SMILES string of the molecule is O=C(NCc1ccc(OB(O)O)cc1)c1ccccc1F. The molecule has 2 rings (SSSR count). The summed E-state index contributed by atoms with van der Waals surface area (Å²) in [6, 6.07) is 12.1. The molecular formula is C14H13BFNO4. The number of rotatable bonds is 5. The highest BCUT2D eigenvalue weighted by Crippen LogP contribution is 2.12. The lowest BCUT2D eigenvalue weighted by molar-refractivity contribution is 0.0947. The van der Waals surface area contributed by atoms with Crippen molar-refractivity contribution < 1.29 is 23.9 Å². The van der Waals surface area contributed by atoms with E-state index < -0.39 is 19.0 Å². The van der Waals surface area contributed by atoms with Gasteiger partial charge in [-0.3, -0.25) is 4.79 Å². The van der Waals surface area contributed by atoms with E-state index in [0.717, 1.165) is 5.56 Å². The molecule has 0 heterocycles. The predicted octanol–water partition coefficient (Wildman–Crippen LogP) is 1.10. The highest BCUT2D eigenvalue weighted by atomic mass is 19.1. The van der Waals surface area contributed by atoms with Gasteiger partial charge in [-0.1, -0.05) is 24.3 Å². The topological polar surface area (TPSA) is 78.8 Å². The Labute approximate surface area is 121 Å². The standard InChI is InChI=1S/C14H13BFNO4/c16-13-4-2-1-3-12(13)14(18)17-9-10-5-7-11(8-6-10)21-15(19)20/h1-8,19-20H,9H2,(H,17,18). The first-order valence-corrected chi connectivity index (χ1v) is 6.21. The van der Waals surface area contributed by atoms with Crippen molar-refractivity contribution in [3.63, 3.8) is 0 Å². The maximum Gasteiger partial charge on any atom is 0.707 e. The molecule has 0 spiro atoms. The molecule has 1 amide bonds. The maximum atomic E-state index is 13.4. The zero-order valence-corrected chi connectivity index (χ0v) is 11.0. The molecule has 0 aliphatic rings. The molecule has 2 aromatic carbocycles. The van der Waals surface area contributed by atoms with E-state index in [4.69, 9.17) is 10.0 Å².